The molecule has 4 saturated carbocycles. The number of hydrogen-bond donors (Lipinski definition) is 2. The summed E-state index contributed by atoms with van der Waals surface area (Å²) < 4.78 is 0. The average Bonchev–Trinajstić information content (AvgIpc) is 2.20. The van der Waals surface area contributed by atoms with Gasteiger partial charge in [-0.25, -0.2) is 0 Å². The molecule has 0 aromatic rings. The first-order valence-corrected chi connectivity index (χ1v) is 7.49. The van der Waals surface area contributed by atoms with Crippen molar-refractivity contribution < 1.29 is 0 Å². The highest BCUT2D eigenvalue weighted by molar-refractivity contribution is 5.11. The molecule has 3 atom stereocenters. The Hall–Kier alpha value is -0.340. The van der Waals surface area contributed by atoms with Crippen LogP contribution in [-0.4, -0.2) is 6.04 Å². The summed E-state index contributed by atoms with van der Waals surface area (Å²) in [5, 5.41) is 0. The van der Waals surface area contributed by atoms with Crippen LogP contribution >= 0.6 is 0 Å². The molecule has 18 heavy (non-hydrogen) atoms. The van der Waals surface area contributed by atoms with Crippen molar-refractivity contribution in [1.82, 2.24) is 5.43 Å². The number of rotatable bonds is 4. The largest absolute Gasteiger partial charge is 0.271 e. The minimum atomic E-state index is 0.286. The van der Waals surface area contributed by atoms with Gasteiger partial charge in [0.05, 0.1) is 0 Å². The third-order valence-corrected chi connectivity index (χ3v) is 5.89. The minimum Gasteiger partial charge on any atom is -0.271 e. The second-order valence-corrected chi connectivity index (χ2v) is 8.34. The van der Waals surface area contributed by atoms with E-state index < -0.39 is 0 Å². The fourth-order valence-electron chi connectivity index (χ4n) is 6.59. The quantitative estimate of drug-likeness (QED) is 0.455. The van der Waals surface area contributed by atoms with Crippen LogP contribution in [0.3, 0.4) is 0 Å². The van der Waals surface area contributed by atoms with Gasteiger partial charge in [-0.3, -0.25) is 11.3 Å². The third-order valence-electron chi connectivity index (χ3n) is 5.89. The van der Waals surface area contributed by atoms with Crippen LogP contribution in [0.4, 0.5) is 0 Å². The molecule has 102 valence electrons. The molecule has 4 rings (SSSR count). The zero-order valence-corrected chi connectivity index (χ0v) is 12.0. The number of hydrogen-bond acceptors (Lipinski definition) is 2. The Labute approximate surface area is 111 Å². The first-order valence-electron chi connectivity index (χ1n) is 7.49. The molecule has 0 radical (unpaired) electrons. The van der Waals surface area contributed by atoms with Crippen molar-refractivity contribution in [1.29, 1.82) is 0 Å². The van der Waals surface area contributed by atoms with Crippen molar-refractivity contribution in [3.8, 4) is 0 Å². The molecule has 4 bridgehead atoms. The second-order valence-electron chi connectivity index (χ2n) is 8.34. The molecule has 2 heteroatoms. The predicted octanol–water partition coefficient (Wildman–Crippen LogP) is 3.39. The standard InChI is InChI=1S/C16H28N2/c1-4-13(18-17)8-16-7-12-5-14(2,10-16)9-15(3,6-12)11-16/h4,12-13,18H,1,5-11,17H2,2-3H3. The number of hydrazine groups is 1. The van der Waals surface area contributed by atoms with Gasteiger partial charge in [-0.15, -0.1) is 6.58 Å². The molecule has 0 aromatic carbocycles. The van der Waals surface area contributed by atoms with E-state index in [2.05, 4.69) is 25.9 Å². The lowest BCUT2D eigenvalue weighted by Gasteiger charge is -2.66. The smallest absolute Gasteiger partial charge is 0.0393 e. The van der Waals surface area contributed by atoms with Gasteiger partial charge >= 0.3 is 0 Å². The van der Waals surface area contributed by atoms with Crippen molar-refractivity contribution in [3.63, 3.8) is 0 Å². The van der Waals surface area contributed by atoms with Crippen LogP contribution in [-0.2, 0) is 0 Å². The Balaban J connectivity index is 1.86. The molecule has 3 unspecified atom stereocenters. The predicted molar refractivity (Wildman–Crippen MR) is 75.8 cm³/mol. The van der Waals surface area contributed by atoms with Crippen LogP contribution in [0.5, 0.6) is 0 Å². The lowest BCUT2D eigenvalue weighted by Crippen LogP contribution is -2.56. The molecule has 4 fully saturated rings. The summed E-state index contributed by atoms with van der Waals surface area (Å²) in [4.78, 5) is 0. The monoisotopic (exact) mass is 248 g/mol. The van der Waals surface area contributed by atoms with Gasteiger partial charge in [0.2, 0.25) is 0 Å². The van der Waals surface area contributed by atoms with Crippen molar-refractivity contribution >= 4 is 0 Å². The summed E-state index contributed by atoms with van der Waals surface area (Å²) in [6.07, 6.45) is 11.8. The van der Waals surface area contributed by atoms with E-state index in [1.807, 2.05) is 6.08 Å². The van der Waals surface area contributed by atoms with Gasteiger partial charge in [0, 0.05) is 6.04 Å². The fourth-order valence-corrected chi connectivity index (χ4v) is 6.59. The average molecular weight is 248 g/mol. The van der Waals surface area contributed by atoms with E-state index >= 15 is 0 Å². The molecular weight excluding hydrogens is 220 g/mol. The van der Waals surface area contributed by atoms with Gasteiger partial charge in [0.1, 0.15) is 0 Å². The zero-order chi connectivity index (χ0) is 13.0. The summed E-state index contributed by atoms with van der Waals surface area (Å²) in [5.74, 6) is 6.63. The molecule has 0 saturated heterocycles. The highest BCUT2D eigenvalue weighted by atomic mass is 15.2. The molecule has 0 aromatic heterocycles. The highest BCUT2D eigenvalue weighted by Gasteiger charge is 2.59. The van der Waals surface area contributed by atoms with Crippen LogP contribution in [0.1, 0.15) is 58.8 Å². The van der Waals surface area contributed by atoms with E-state index in [1.165, 1.54) is 44.9 Å². The number of nitrogens with two attached hydrogens (primary N) is 1. The van der Waals surface area contributed by atoms with Crippen LogP contribution in [0.25, 0.3) is 0 Å². The Morgan fingerprint density at radius 3 is 2.28 bits per heavy atom. The summed E-state index contributed by atoms with van der Waals surface area (Å²) in [6, 6.07) is 0.286. The van der Waals surface area contributed by atoms with E-state index in [4.69, 9.17) is 5.84 Å². The topological polar surface area (TPSA) is 38.0 Å². The fraction of sp³-hybridized carbons (Fsp3) is 0.875. The van der Waals surface area contributed by atoms with Crippen molar-refractivity contribution in [3.05, 3.63) is 12.7 Å². The molecule has 3 N–H and O–H groups in total. The van der Waals surface area contributed by atoms with Gasteiger partial charge in [-0.05, 0) is 67.1 Å². The second kappa shape index (κ2) is 3.83. The molecule has 4 aliphatic rings. The molecule has 0 amide bonds. The Morgan fingerprint density at radius 1 is 1.22 bits per heavy atom. The van der Waals surface area contributed by atoms with E-state index in [0.717, 1.165) is 5.92 Å². The first-order chi connectivity index (χ1) is 8.40. The summed E-state index contributed by atoms with van der Waals surface area (Å²) in [5.41, 5.74) is 4.68. The van der Waals surface area contributed by atoms with Crippen molar-refractivity contribution in [2.45, 2.75) is 64.8 Å². The summed E-state index contributed by atoms with van der Waals surface area (Å²) in [7, 11) is 0. The third kappa shape index (κ3) is 1.94. The van der Waals surface area contributed by atoms with Crippen LogP contribution in [0, 0.1) is 22.2 Å². The lowest BCUT2D eigenvalue weighted by molar-refractivity contribution is -0.148. The Kier molecular flexibility index (Phi) is 2.70. The molecular formula is C16H28N2. The zero-order valence-electron chi connectivity index (χ0n) is 12.0. The maximum atomic E-state index is 5.66. The van der Waals surface area contributed by atoms with E-state index in [0.29, 0.717) is 16.2 Å². The summed E-state index contributed by atoms with van der Waals surface area (Å²) in [6.45, 7) is 8.98. The van der Waals surface area contributed by atoms with Crippen LogP contribution in [0.15, 0.2) is 12.7 Å². The lowest BCUT2D eigenvalue weighted by atomic mass is 9.39. The van der Waals surface area contributed by atoms with Crippen LogP contribution < -0.4 is 11.3 Å². The van der Waals surface area contributed by atoms with Gasteiger partial charge < -0.3 is 0 Å². The van der Waals surface area contributed by atoms with Crippen molar-refractivity contribution in [2.75, 3.05) is 0 Å². The number of nitrogens with one attached hydrogen (secondary N) is 1. The van der Waals surface area contributed by atoms with Gasteiger partial charge in [-0.2, -0.15) is 0 Å². The van der Waals surface area contributed by atoms with E-state index in [1.54, 1.807) is 0 Å². The maximum Gasteiger partial charge on any atom is 0.0393 e. The molecule has 0 heterocycles. The molecule has 4 aliphatic carbocycles. The SMILES string of the molecule is C=CC(CC12CC3CC(C)(CC(C)(C3)C1)C2)NN. The van der Waals surface area contributed by atoms with E-state index in [9.17, 15) is 0 Å². The Morgan fingerprint density at radius 2 is 1.83 bits per heavy atom. The maximum absolute atomic E-state index is 5.66. The summed E-state index contributed by atoms with van der Waals surface area (Å²) >= 11 is 0. The van der Waals surface area contributed by atoms with E-state index in [-0.39, 0.29) is 6.04 Å². The van der Waals surface area contributed by atoms with Crippen molar-refractivity contribution in [2.24, 2.45) is 28.0 Å². The molecule has 0 aliphatic heterocycles. The normalized spacial score (nSPS) is 51.4. The molecule has 0 spiro atoms. The van der Waals surface area contributed by atoms with Gasteiger partial charge in [-0.1, -0.05) is 19.9 Å². The van der Waals surface area contributed by atoms with Gasteiger partial charge in [0.25, 0.3) is 0 Å². The van der Waals surface area contributed by atoms with Gasteiger partial charge in [0.15, 0.2) is 0 Å². The first kappa shape index (κ1) is 12.7. The highest BCUT2D eigenvalue weighted by Crippen LogP contribution is 2.70. The minimum absolute atomic E-state index is 0.286. The Bertz CT molecular complexity index is 344. The van der Waals surface area contributed by atoms with Crippen LogP contribution in [0.2, 0.25) is 0 Å². The molecule has 2 nitrogen and oxygen atoms in total.